The van der Waals surface area contributed by atoms with Gasteiger partial charge in [0.25, 0.3) is 0 Å². The van der Waals surface area contributed by atoms with E-state index in [0.717, 1.165) is 4.90 Å². The molecule has 104 valence electrons. The molecule has 20 heavy (non-hydrogen) atoms. The van der Waals surface area contributed by atoms with Crippen molar-refractivity contribution in [3.63, 3.8) is 0 Å². The third-order valence-corrected chi connectivity index (χ3v) is 2.34. The van der Waals surface area contributed by atoms with Crippen LogP contribution in [0.25, 0.3) is 0 Å². The van der Waals surface area contributed by atoms with Gasteiger partial charge in [-0.3, -0.25) is 9.69 Å². The molecule has 1 rings (SSSR count). The second-order valence-corrected chi connectivity index (χ2v) is 3.93. The van der Waals surface area contributed by atoms with Gasteiger partial charge in [-0.15, -0.1) is 0 Å². The number of carbonyl (C=O) groups is 2. The average molecular weight is 274 g/mol. The van der Waals surface area contributed by atoms with Crippen molar-refractivity contribution in [3.8, 4) is 6.07 Å². The summed E-state index contributed by atoms with van der Waals surface area (Å²) < 4.78 is 4.82. The van der Waals surface area contributed by atoms with Crippen molar-refractivity contribution in [2.75, 3.05) is 13.2 Å². The number of nitriles is 1. The number of hydrogen-bond acceptors (Lipinski definition) is 4. The highest BCUT2D eigenvalue weighted by atomic mass is 16.6. The molecule has 1 aromatic rings. The Hall–Kier alpha value is -2.81. The Morgan fingerprint density at radius 1 is 1.50 bits per heavy atom. The van der Waals surface area contributed by atoms with Crippen LogP contribution in [0, 0.1) is 11.3 Å². The predicted octanol–water partition coefficient (Wildman–Crippen LogP) is 1.77. The fourth-order valence-corrected chi connectivity index (χ4v) is 1.53. The second-order valence-electron chi connectivity index (χ2n) is 3.93. The summed E-state index contributed by atoms with van der Waals surface area (Å²) in [4.78, 5) is 23.5. The lowest BCUT2D eigenvalue weighted by atomic mass is 10.1. The molecule has 1 aromatic carbocycles. The molecule has 0 unspecified atom stereocenters. The molecule has 0 radical (unpaired) electrons. The number of hydrogen-bond donors (Lipinski definition) is 1. The Kier molecular flexibility index (Phi) is 5.78. The summed E-state index contributed by atoms with van der Waals surface area (Å²) in [5.41, 5.74) is 1.10. The molecule has 0 aliphatic heterocycles. The van der Waals surface area contributed by atoms with Crippen LogP contribution in [0.5, 0.6) is 0 Å². The van der Waals surface area contributed by atoms with Crippen molar-refractivity contribution in [1.29, 1.82) is 5.26 Å². The molecule has 0 aliphatic carbocycles. The van der Waals surface area contributed by atoms with Gasteiger partial charge in [0.15, 0.2) is 0 Å². The van der Waals surface area contributed by atoms with Gasteiger partial charge in [-0.1, -0.05) is 24.8 Å². The smallest absolute Gasteiger partial charge is 0.410 e. The molecule has 0 aliphatic rings. The number of carbonyl (C=O) groups excluding carboxylic acids is 1. The normalized spacial score (nSPS) is 9.35. The largest absolute Gasteiger partial charge is 0.480 e. The van der Waals surface area contributed by atoms with Crippen molar-refractivity contribution in [3.05, 3.63) is 48.0 Å². The Bertz CT molecular complexity index is 548. The fraction of sp³-hybridized carbons (Fsp3) is 0.214. The standard InChI is InChI=1S/C14H14N2O4/c1-2-6-20-14(19)16(10-13(17)18)9-12-5-3-4-11(7-12)8-15/h2-5,7H,1,6,9-10H2,(H,17,18). The van der Waals surface area contributed by atoms with Crippen LogP contribution < -0.4 is 0 Å². The van der Waals surface area contributed by atoms with E-state index in [1.807, 2.05) is 6.07 Å². The zero-order chi connectivity index (χ0) is 15.0. The van der Waals surface area contributed by atoms with Crippen LogP contribution in [0.2, 0.25) is 0 Å². The first kappa shape index (κ1) is 15.2. The minimum absolute atomic E-state index is 0.00713. The van der Waals surface area contributed by atoms with Crippen molar-refractivity contribution < 1.29 is 19.4 Å². The van der Waals surface area contributed by atoms with E-state index in [4.69, 9.17) is 15.1 Å². The zero-order valence-electron chi connectivity index (χ0n) is 10.8. The lowest BCUT2D eigenvalue weighted by Crippen LogP contribution is -2.35. The van der Waals surface area contributed by atoms with Gasteiger partial charge < -0.3 is 9.84 Å². The highest BCUT2D eigenvalue weighted by Gasteiger charge is 2.18. The molecule has 0 spiro atoms. The van der Waals surface area contributed by atoms with Crippen molar-refractivity contribution in [2.45, 2.75) is 6.54 Å². The summed E-state index contributed by atoms with van der Waals surface area (Å²) in [6, 6.07) is 8.57. The van der Waals surface area contributed by atoms with Gasteiger partial charge in [0, 0.05) is 6.54 Å². The van der Waals surface area contributed by atoms with Crippen molar-refractivity contribution >= 4 is 12.1 Å². The molecule has 0 saturated carbocycles. The van der Waals surface area contributed by atoms with Gasteiger partial charge in [0.1, 0.15) is 13.2 Å². The first-order chi connectivity index (χ1) is 9.56. The second kappa shape index (κ2) is 7.59. The molecule has 6 heteroatoms. The van der Waals surface area contributed by atoms with Gasteiger partial charge in [0.05, 0.1) is 11.6 Å². The Balaban J connectivity index is 2.82. The quantitative estimate of drug-likeness (QED) is 0.798. The first-order valence-corrected chi connectivity index (χ1v) is 5.80. The SMILES string of the molecule is C=CCOC(=O)N(CC(=O)O)Cc1cccc(C#N)c1. The van der Waals surface area contributed by atoms with E-state index in [2.05, 4.69) is 6.58 Å². The fourth-order valence-electron chi connectivity index (χ4n) is 1.53. The minimum Gasteiger partial charge on any atom is -0.480 e. The number of nitrogens with zero attached hydrogens (tertiary/aromatic N) is 2. The van der Waals surface area contributed by atoms with Crippen LogP contribution in [-0.4, -0.2) is 35.2 Å². The number of aliphatic carboxylic acids is 1. The van der Waals surface area contributed by atoms with Crippen LogP contribution in [0.3, 0.4) is 0 Å². The number of amides is 1. The molecular formula is C14H14N2O4. The summed E-state index contributed by atoms with van der Waals surface area (Å²) in [6.45, 7) is 2.99. The summed E-state index contributed by atoms with van der Waals surface area (Å²) in [5.74, 6) is -1.14. The molecule has 0 heterocycles. The monoisotopic (exact) mass is 274 g/mol. The Morgan fingerprint density at radius 2 is 2.25 bits per heavy atom. The zero-order valence-corrected chi connectivity index (χ0v) is 10.8. The van der Waals surface area contributed by atoms with Crippen molar-refractivity contribution in [1.82, 2.24) is 4.90 Å². The summed E-state index contributed by atoms with van der Waals surface area (Å²) in [7, 11) is 0. The number of ether oxygens (including phenoxy) is 1. The molecule has 1 N–H and O–H groups in total. The number of carboxylic acids is 1. The van der Waals surface area contributed by atoms with Gasteiger partial charge in [-0.2, -0.15) is 5.26 Å². The molecule has 0 atom stereocenters. The van der Waals surface area contributed by atoms with Crippen LogP contribution in [0.15, 0.2) is 36.9 Å². The average Bonchev–Trinajstić information content (AvgIpc) is 2.43. The van der Waals surface area contributed by atoms with E-state index in [9.17, 15) is 9.59 Å². The predicted molar refractivity (Wildman–Crippen MR) is 70.7 cm³/mol. The van der Waals surface area contributed by atoms with E-state index in [0.29, 0.717) is 11.1 Å². The highest BCUT2D eigenvalue weighted by molar-refractivity contribution is 5.76. The van der Waals surface area contributed by atoms with Crippen LogP contribution >= 0.6 is 0 Å². The van der Waals surface area contributed by atoms with Crippen molar-refractivity contribution in [2.24, 2.45) is 0 Å². The summed E-state index contributed by atoms with van der Waals surface area (Å²) >= 11 is 0. The van der Waals surface area contributed by atoms with E-state index in [1.165, 1.54) is 6.08 Å². The number of rotatable bonds is 6. The van der Waals surface area contributed by atoms with E-state index < -0.39 is 18.6 Å². The van der Waals surface area contributed by atoms with Crippen LogP contribution in [0.4, 0.5) is 4.79 Å². The highest BCUT2D eigenvalue weighted by Crippen LogP contribution is 2.09. The molecule has 0 bridgehead atoms. The molecule has 0 fully saturated rings. The maximum atomic E-state index is 11.7. The van der Waals surface area contributed by atoms with Gasteiger partial charge in [-0.25, -0.2) is 4.79 Å². The third kappa shape index (κ3) is 4.82. The van der Waals surface area contributed by atoms with Gasteiger partial charge in [0.2, 0.25) is 0 Å². The molecule has 1 amide bonds. The van der Waals surface area contributed by atoms with Gasteiger partial charge in [-0.05, 0) is 17.7 Å². The lowest BCUT2D eigenvalue weighted by Gasteiger charge is -2.20. The summed E-state index contributed by atoms with van der Waals surface area (Å²) in [5, 5.41) is 17.6. The maximum Gasteiger partial charge on any atom is 0.410 e. The molecule has 6 nitrogen and oxygen atoms in total. The van der Waals surface area contributed by atoms with E-state index in [-0.39, 0.29) is 13.2 Å². The van der Waals surface area contributed by atoms with E-state index >= 15 is 0 Å². The van der Waals surface area contributed by atoms with Gasteiger partial charge >= 0.3 is 12.1 Å². The molecule has 0 saturated heterocycles. The number of carboxylic acid groups (broad SMARTS) is 1. The van der Waals surface area contributed by atoms with E-state index in [1.54, 1.807) is 24.3 Å². The Morgan fingerprint density at radius 3 is 2.85 bits per heavy atom. The molecular weight excluding hydrogens is 260 g/mol. The molecule has 0 aromatic heterocycles. The maximum absolute atomic E-state index is 11.7. The van der Waals surface area contributed by atoms with Crippen LogP contribution in [-0.2, 0) is 16.1 Å². The first-order valence-electron chi connectivity index (χ1n) is 5.80. The number of benzene rings is 1. The lowest BCUT2D eigenvalue weighted by molar-refractivity contribution is -0.138. The summed E-state index contributed by atoms with van der Waals surface area (Å²) in [6.07, 6.45) is 0.655. The third-order valence-electron chi connectivity index (χ3n) is 2.34. The van der Waals surface area contributed by atoms with Crippen LogP contribution in [0.1, 0.15) is 11.1 Å². The Labute approximate surface area is 116 Å². The topological polar surface area (TPSA) is 90.6 Å². The minimum atomic E-state index is -1.14.